The van der Waals surface area contributed by atoms with Crippen molar-refractivity contribution in [2.75, 3.05) is 19.6 Å². The molecule has 3 saturated heterocycles. The first-order valence-corrected chi connectivity index (χ1v) is 9.76. The molecule has 0 aromatic heterocycles. The van der Waals surface area contributed by atoms with Crippen molar-refractivity contribution in [3.63, 3.8) is 0 Å². The maximum atomic E-state index is 13.1. The number of halogens is 1. The first-order chi connectivity index (χ1) is 12.0. The molecule has 2 atom stereocenters. The van der Waals surface area contributed by atoms with Crippen molar-refractivity contribution < 1.29 is 9.59 Å². The van der Waals surface area contributed by atoms with Crippen LogP contribution in [0.15, 0.2) is 18.2 Å². The molecular formula is C20H25ClN2O2. The number of aryl methyl sites for hydroxylation is 1. The van der Waals surface area contributed by atoms with Crippen molar-refractivity contribution in [1.82, 2.24) is 9.80 Å². The van der Waals surface area contributed by atoms with Gasteiger partial charge in [-0.05, 0) is 62.3 Å². The van der Waals surface area contributed by atoms with Crippen LogP contribution >= 0.6 is 11.6 Å². The van der Waals surface area contributed by atoms with Crippen LogP contribution in [-0.4, -0.2) is 47.3 Å². The summed E-state index contributed by atoms with van der Waals surface area (Å²) >= 11 is 6.03. The third kappa shape index (κ3) is 3.17. The van der Waals surface area contributed by atoms with Gasteiger partial charge in [0.25, 0.3) is 5.91 Å². The van der Waals surface area contributed by atoms with Crippen LogP contribution < -0.4 is 0 Å². The molecule has 5 heteroatoms. The Morgan fingerprint density at radius 3 is 2.56 bits per heavy atom. The Morgan fingerprint density at radius 1 is 1.08 bits per heavy atom. The van der Waals surface area contributed by atoms with Crippen molar-refractivity contribution in [2.45, 2.75) is 45.1 Å². The molecule has 4 fully saturated rings. The number of amides is 2. The van der Waals surface area contributed by atoms with E-state index in [-0.39, 0.29) is 17.9 Å². The van der Waals surface area contributed by atoms with Crippen molar-refractivity contribution in [1.29, 1.82) is 0 Å². The zero-order valence-corrected chi connectivity index (χ0v) is 15.5. The Morgan fingerprint density at radius 2 is 1.88 bits per heavy atom. The Bertz CT molecular complexity index is 701. The summed E-state index contributed by atoms with van der Waals surface area (Å²) in [5.41, 5.74) is 1.65. The summed E-state index contributed by atoms with van der Waals surface area (Å²) in [6.45, 7) is 4.21. The second kappa shape index (κ2) is 6.64. The van der Waals surface area contributed by atoms with E-state index in [1.807, 2.05) is 28.9 Å². The summed E-state index contributed by atoms with van der Waals surface area (Å²) in [6, 6.07) is 5.60. The van der Waals surface area contributed by atoms with E-state index in [1.165, 1.54) is 6.42 Å². The quantitative estimate of drug-likeness (QED) is 0.809. The fourth-order valence-electron chi connectivity index (χ4n) is 4.45. The molecule has 1 aromatic carbocycles. The van der Waals surface area contributed by atoms with Gasteiger partial charge in [-0.3, -0.25) is 9.59 Å². The van der Waals surface area contributed by atoms with Crippen LogP contribution in [0.5, 0.6) is 0 Å². The molecule has 3 heterocycles. The lowest BCUT2D eigenvalue weighted by Gasteiger charge is -2.36. The van der Waals surface area contributed by atoms with Crippen LogP contribution in [-0.2, 0) is 4.79 Å². The number of fused-ring (bicyclic) bond motifs is 4. The SMILES string of the molecule is Cc1cc(Cl)ccc1C(=O)N1C[C@H]2CC[C@@H]1CN(C(=O)C1CCC1)C2. The van der Waals surface area contributed by atoms with Gasteiger partial charge >= 0.3 is 0 Å². The molecule has 0 radical (unpaired) electrons. The zero-order valence-electron chi connectivity index (χ0n) is 14.7. The van der Waals surface area contributed by atoms with Gasteiger partial charge in [-0.1, -0.05) is 18.0 Å². The molecule has 0 N–H and O–H groups in total. The minimum Gasteiger partial charge on any atom is -0.340 e. The van der Waals surface area contributed by atoms with Gasteiger partial charge in [0, 0.05) is 42.2 Å². The van der Waals surface area contributed by atoms with Gasteiger partial charge in [0.2, 0.25) is 5.91 Å². The predicted molar refractivity (Wildman–Crippen MR) is 97.7 cm³/mol. The molecule has 2 bridgehead atoms. The Balaban J connectivity index is 1.53. The third-order valence-corrected chi connectivity index (χ3v) is 6.39. The molecule has 1 saturated carbocycles. The average Bonchev–Trinajstić information content (AvgIpc) is 2.84. The Kier molecular flexibility index (Phi) is 4.48. The fraction of sp³-hybridized carbons (Fsp3) is 0.600. The fourth-order valence-corrected chi connectivity index (χ4v) is 4.67. The lowest BCUT2D eigenvalue weighted by molar-refractivity contribution is -0.138. The van der Waals surface area contributed by atoms with E-state index in [4.69, 9.17) is 11.6 Å². The summed E-state index contributed by atoms with van der Waals surface area (Å²) in [6.07, 6.45) is 5.37. The summed E-state index contributed by atoms with van der Waals surface area (Å²) in [5.74, 6) is 1.04. The Labute approximate surface area is 154 Å². The lowest BCUT2D eigenvalue weighted by Crippen LogP contribution is -2.48. The van der Waals surface area contributed by atoms with Crippen LogP contribution in [0.2, 0.25) is 5.02 Å². The highest BCUT2D eigenvalue weighted by molar-refractivity contribution is 6.30. The van der Waals surface area contributed by atoms with Crippen molar-refractivity contribution >= 4 is 23.4 Å². The van der Waals surface area contributed by atoms with E-state index < -0.39 is 0 Å². The highest BCUT2D eigenvalue weighted by atomic mass is 35.5. The number of hydrogen-bond acceptors (Lipinski definition) is 2. The van der Waals surface area contributed by atoms with Gasteiger partial charge in [0.1, 0.15) is 0 Å². The number of benzene rings is 1. The molecule has 134 valence electrons. The Hall–Kier alpha value is -1.55. The van der Waals surface area contributed by atoms with Gasteiger partial charge in [-0.2, -0.15) is 0 Å². The van der Waals surface area contributed by atoms with Gasteiger partial charge in [-0.15, -0.1) is 0 Å². The lowest BCUT2D eigenvalue weighted by atomic mass is 9.84. The number of carbonyl (C=O) groups is 2. The maximum absolute atomic E-state index is 13.1. The van der Waals surface area contributed by atoms with E-state index >= 15 is 0 Å². The summed E-state index contributed by atoms with van der Waals surface area (Å²) in [4.78, 5) is 29.9. The highest BCUT2D eigenvalue weighted by Gasteiger charge is 2.41. The largest absolute Gasteiger partial charge is 0.340 e. The van der Waals surface area contributed by atoms with E-state index in [9.17, 15) is 9.59 Å². The summed E-state index contributed by atoms with van der Waals surface area (Å²) in [7, 11) is 0. The topological polar surface area (TPSA) is 40.6 Å². The predicted octanol–water partition coefficient (Wildman–Crippen LogP) is 3.51. The molecule has 1 aromatic rings. The monoisotopic (exact) mass is 360 g/mol. The van der Waals surface area contributed by atoms with Gasteiger partial charge in [0.05, 0.1) is 0 Å². The van der Waals surface area contributed by atoms with E-state index in [1.54, 1.807) is 6.07 Å². The van der Waals surface area contributed by atoms with Crippen molar-refractivity contribution in [3.05, 3.63) is 34.3 Å². The van der Waals surface area contributed by atoms with Crippen molar-refractivity contribution in [2.24, 2.45) is 11.8 Å². The van der Waals surface area contributed by atoms with E-state index in [0.717, 1.165) is 49.9 Å². The molecule has 5 rings (SSSR count). The molecule has 1 aliphatic carbocycles. The second-order valence-corrected chi connectivity index (χ2v) is 8.32. The maximum Gasteiger partial charge on any atom is 0.254 e. The number of carbonyl (C=O) groups excluding carboxylic acids is 2. The molecule has 0 unspecified atom stereocenters. The average molecular weight is 361 g/mol. The molecule has 2 amide bonds. The number of piperidine rings is 1. The van der Waals surface area contributed by atoms with Crippen LogP contribution in [0.4, 0.5) is 0 Å². The van der Waals surface area contributed by atoms with Gasteiger partial charge in [-0.25, -0.2) is 0 Å². The smallest absolute Gasteiger partial charge is 0.254 e. The van der Waals surface area contributed by atoms with Crippen LogP contribution in [0, 0.1) is 18.8 Å². The van der Waals surface area contributed by atoms with Crippen LogP contribution in [0.25, 0.3) is 0 Å². The number of nitrogens with zero attached hydrogens (tertiary/aromatic N) is 2. The third-order valence-electron chi connectivity index (χ3n) is 6.16. The minimum absolute atomic E-state index is 0.0850. The highest BCUT2D eigenvalue weighted by Crippen LogP contribution is 2.34. The van der Waals surface area contributed by atoms with Gasteiger partial charge < -0.3 is 9.80 Å². The molecular weight excluding hydrogens is 336 g/mol. The molecule has 4 nitrogen and oxygen atoms in total. The first-order valence-electron chi connectivity index (χ1n) is 9.39. The van der Waals surface area contributed by atoms with E-state index in [2.05, 4.69) is 0 Å². The normalized spacial score (nSPS) is 26.3. The molecule has 0 spiro atoms. The zero-order chi connectivity index (χ0) is 17.6. The van der Waals surface area contributed by atoms with Crippen LogP contribution in [0.3, 0.4) is 0 Å². The number of hydrogen-bond donors (Lipinski definition) is 0. The number of rotatable bonds is 2. The second-order valence-electron chi connectivity index (χ2n) is 7.89. The summed E-state index contributed by atoms with van der Waals surface area (Å²) in [5, 5.41) is 0.656. The van der Waals surface area contributed by atoms with Gasteiger partial charge in [0.15, 0.2) is 0 Å². The summed E-state index contributed by atoms with van der Waals surface area (Å²) < 4.78 is 0. The van der Waals surface area contributed by atoms with Crippen molar-refractivity contribution in [3.8, 4) is 0 Å². The molecule has 4 aliphatic rings. The molecule has 3 aliphatic heterocycles. The minimum atomic E-state index is 0.0850. The standard InChI is InChI=1S/C20H25ClN2O2/c1-13-9-16(21)6-8-18(13)20(25)23-11-14-5-7-17(23)12-22(10-14)19(24)15-3-2-4-15/h6,8-9,14-15,17H,2-5,7,10-12H2,1H3/t14-,17+/m0/s1. The van der Waals surface area contributed by atoms with E-state index in [0.29, 0.717) is 23.4 Å². The first kappa shape index (κ1) is 16.9. The van der Waals surface area contributed by atoms with Crippen LogP contribution in [0.1, 0.15) is 48.0 Å². The molecule has 25 heavy (non-hydrogen) atoms.